The smallest absolute Gasteiger partial charge is 0.183 e. The number of halogens is 1. The highest BCUT2D eigenvalue weighted by Gasteiger charge is 2.34. The third-order valence-corrected chi connectivity index (χ3v) is 4.61. The predicted molar refractivity (Wildman–Crippen MR) is 90.6 cm³/mol. The Balaban J connectivity index is 1.83. The van der Waals surface area contributed by atoms with Crippen LogP contribution < -0.4 is 0 Å². The molecule has 1 aliphatic rings. The summed E-state index contributed by atoms with van der Waals surface area (Å²) in [5.74, 6) is 0.0997. The third kappa shape index (κ3) is 2.91. The summed E-state index contributed by atoms with van der Waals surface area (Å²) in [7, 11) is 0. The molecule has 3 rings (SSSR count). The molecule has 2 heteroatoms. The van der Waals surface area contributed by atoms with E-state index in [0.717, 1.165) is 11.1 Å². The van der Waals surface area contributed by atoms with Gasteiger partial charge in [0.2, 0.25) is 0 Å². The first-order valence-electron chi connectivity index (χ1n) is 6.93. The monoisotopic (exact) mass is 338 g/mol. The van der Waals surface area contributed by atoms with E-state index >= 15 is 0 Å². The topological polar surface area (TPSA) is 17.1 Å². The molecule has 21 heavy (non-hydrogen) atoms. The number of ketones is 1. The van der Waals surface area contributed by atoms with Gasteiger partial charge in [0, 0.05) is 5.56 Å². The van der Waals surface area contributed by atoms with E-state index in [1.165, 1.54) is 5.56 Å². The van der Waals surface area contributed by atoms with Crippen molar-refractivity contribution in [3.05, 3.63) is 90.0 Å². The minimum atomic E-state index is -0.632. The maximum Gasteiger partial charge on any atom is 0.183 e. The fourth-order valence-corrected chi connectivity index (χ4v) is 2.98. The highest BCUT2D eigenvalue weighted by atomic mass is 79.9. The summed E-state index contributed by atoms with van der Waals surface area (Å²) >= 11 is 3.62. The summed E-state index contributed by atoms with van der Waals surface area (Å²) in [6.07, 6.45) is 6.76. The van der Waals surface area contributed by atoms with Crippen LogP contribution in [0.25, 0.3) is 5.57 Å². The number of hydrogen-bond acceptors (Lipinski definition) is 1. The molecule has 1 nitrogen and oxygen atoms in total. The van der Waals surface area contributed by atoms with Crippen LogP contribution >= 0.6 is 15.9 Å². The van der Waals surface area contributed by atoms with E-state index in [1.807, 2.05) is 60.7 Å². The summed E-state index contributed by atoms with van der Waals surface area (Å²) in [6, 6.07) is 19.6. The zero-order valence-electron chi connectivity index (χ0n) is 11.5. The fraction of sp³-hybridized carbons (Fsp3) is 0.105. The van der Waals surface area contributed by atoms with Crippen molar-refractivity contribution in [2.75, 3.05) is 0 Å². The van der Waals surface area contributed by atoms with Gasteiger partial charge in [-0.25, -0.2) is 0 Å². The Hall–Kier alpha value is -1.93. The van der Waals surface area contributed by atoms with Gasteiger partial charge >= 0.3 is 0 Å². The molecule has 0 aromatic heterocycles. The average molecular weight is 339 g/mol. The number of carbonyl (C=O) groups is 1. The molecule has 1 aliphatic carbocycles. The Kier molecular flexibility index (Phi) is 3.89. The highest BCUT2D eigenvalue weighted by Crippen LogP contribution is 2.35. The van der Waals surface area contributed by atoms with Crippen molar-refractivity contribution in [2.45, 2.75) is 10.7 Å². The first-order valence-corrected chi connectivity index (χ1v) is 7.72. The van der Waals surface area contributed by atoms with Gasteiger partial charge in [0.05, 0.1) is 0 Å². The van der Waals surface area contributed by atoms with Crippen LogP contribution in [0.2, 0.25) is 0 Å². The lowest BCUT2D eigenvalue weighted by Gasteiger charge is -2.24. The second kappa shape index (κ2) is 5.82. The largest absolute Gasteiger partial charge is 0.292 e. The number of carbonyl (C=O) groups excluding carboxylic acids is 1. The number of Topliss-reactive ketones (excluding diaryl/α,β-unsaturated/α-hetero) is 1. The van der Waals surface area contributed by atoms with Crippen LogP contribution in [0.5, 0.6) is 0 Å². The van der Waals surface area contributed by atoms with Gasteiger partial charge in [0.1, 0.15) is 4.32 Å². The van der Waals surface area contributed by atoms with E-state index in [1.54, 1.807) is 0 Å². The molecule has 1 atom stereocenters. The summed E-state index contributed by atoms with van der Waals surface area (Å²) in [6.45, 7) is 0. The maximum absolute atomic E-state index is 12.6. The molecule has 104 valence electrons. The quantitative estimate of drug-likeness (QED) is 0.565. The molecule has 0 spiro atoms. The van der Waals surface area contributed by atoms with E-state index in [2.05, 4.69) is 34.1 Å². The Labute approximate surface area is 133 Å². The molecular weight excluding hydrogens is 324 g/mol. The molecular formula is C19H15BrO. The number of hydrogen-bond donors (Lipinski definition) is 0. The van der Waals surface area contributed by atoms with Gasteiger partial charge in [-0.15, -0.1) is 0 Å². The van der Waals surface area contributed by atoms with Crippen molar-refractivity contribution in [3.8, 4) is 0 Å². The standard InChI is InChI=1S/C19H15BrO/c20-19(18(21)17-9-5-2-6-10-17)13-11-16(12-14-19)15-7-3-1-4-8-15/h1-13H,14H2. The van der Waals surface area contributed by atoms with Gasteiger partial charge in [-0.3, -0.25) is 4.79 Å². The zero-order valence-corrected chi connectivity index (χ0v) is 13.1. The molecule has 0 saturated heterocycles. The molecule has 2 aromatic rings. The normalized spacial score (nSPS) is 20.9. The van der Waals surface area contributed by atoms with Crippen LogP contribution in [0.1, 0.15) is 22.3 Å². The number of benzene rings is 2. The van der Waals surface area contributed by atoms with Crippen molar-refractivity contribution in [2.24, 2.45) is 0 Å². The Morgan fingerprint density at radius 3 is 2.14 bits per heavy atom. The molecule has 1 unspecified atom stereocenters. The van der Waals surface area contributed by atoms with Gasteiger partial charge in [0.25, 0.3) is 0 Å². The molecule has 0 N–H and O–H groups in total. The lowest BCUT2D eigenvalue weighted by Crippen LogP contribution is -2.30. The van der Waals surface area contributed by atoms with E-state index in [4.69, 9.17) is 0 Å². The van der Waals surface area contributed by atoms with Crippen LogP contribution in [0.3, 0.4) is 0 Å². The first-order chi connectivity index (χ1) is 10.2. The number of rotatable bonds is 3. The summed E-state index contributed by atoms with van der Waals surface area (Å²) < 4.78 is -0.632. The Morgan fingerprint density at radius 1 is 0.952 bits per heavy atom. The minimum absolute atomic E-state index is 0.0997. The molecule has 0 fully saturated rings. The molecule has 0 saturated carbocycles. The Morgan fingerprint density at radius 2 is 1.57 bits per heavy atom. The average Bonchev–Trinajstić information content (AvgIpc) is 2.56. The second-order valence-corrected chi connectivity index (χ2v) is 6.54. The fourth-order valence-electron chi connectivity index (χ4n) is 2.46. The van der Waals surface area contributed by atoms with Crippen molar-refractivity contribution in [3.63, 3.8) is 0 Å². The molecule has 0 amide bonds. The van der Waals surface area contributed by atoms with Crippen molar-refractivity contribution < 1.29 is 4.79 Å². The van der Waals surface area contributed by atoms with Crippen LogP contribution in [-0.4, -0.2) is 10.1 Å². The summed E-state index contributed by atoms with van der Waals surface area (Å²) in [5.41, 5.74) is 3.07. The van der Waals surface area contributed by atoms with Gasteiger partial charge < -0.3 is 0 Å². The van der Waals surface area contributed by atoms with Crippen molar-refractivity contribution >= 4 is 27.3 Å². The lowest BCUT2D eigenvalue weighted by molar-refractivity contribution is 0.0966. The molecule has 0 aliphatic heterocycles. The first kappa shape index (κ1) is 14.0. The second-order valence-electron chi connectivity index (χ2n) is 5.12. The summed E-state index contributed by atoms with van der Waals surface area (Å²) in [4.78, 5) is 12.6. The number of alkyl halides is 1. The van der Waals surface area contributed by atoms with Crippen molar-refractivity contribution in [1.29, 1.82) is 0 Å². The highest BCUT2D eigenvalue weighted by molar-refractivity contribution is 9.10. The van der Waals surface area contributed by atoms with Gasteiger partial charge in [-0.2, -0.15) is 0 Å². The molecule has 0 heterocycles. The van der Waals surface area contributed by atoms with Crippen molar-refractivity contribution in [1.82, 2.24) is 0 Å². The van der Waals surface area contributed by atoms with E-state index < -0.39 is 4.32 Å². The molecule has 2 aromatic carbocycles. The van der Waals surface area contributed by atoms with E-state index in [9.17, 15) is 4.79 Å². The minimum Gasteiger partial charge on any atom is -0.292 e. The maximum atomic E-state index is 12.6. The van der Waals surface area contributed by atoms with Crippen LogP contribution in [-0.2, 0) is 0 Å². The molecule has 0 bridgehead atoms. The predicted octanol–water partition coefficient (Wildman–Crippen LogP) is 5.05. The van der Waals surface area contributed by atoms with Gasteiger partial charge in [0.15, 0.2) is 5.78 Å². The SMILES string of the molecule is O=C(c1ccccc1)C1(Br)C=CC(c2ccccc2)=CC1. The summed E-state index contributed by atoms with van der Waals surface area (Å²) in [5, 5.41) is 0. The van der Waals surface area contributed by atoms with Crippen LogP contribution in [0.15, 0.2) is 78.9 Å². The molecule has 0 radical (unpaired) electrons. The van der Waals surface area contributed by atoms with E-state index in [0.29, 0.717) is 6.42 Å². The van der Waals surface area contributed by atoms with E-state index in [-0.39, 0.29) is 5.78 Å². The lowest BCUT2D eigenvalue weighted by atomic mass is 9.87. The Bertz CT molecular complexity index is 701. The number of allylic oxidation sites excluding steroid dienone is 4. The van der Waals surface area contributed by atoms with Crippen LogP contribution in [0, 0.1) is 0 Å². The van der Waals surface area contributed by atoms with Gasteiger partial charge in [-0.1, -0.05) is 94.8 Å². The third-order valence-electron chi connectivity index (χ3n) is 3.67. The zero-order chi connectivity index (χ0) is 14.7. The van der Waals surface area contributed by atoms with Crippen LogP contribution in [0.4, 0.5) is 0 Å². The van der Waals surface area contributed by atoms with Gasteiger partial charge in [-0.05, 0) is 17.6 Å².